The molecule has 25 heavy (non-hydrogen) atoms. The first-order valence-electron chi connectivity index (χ1n) is 8.32. The molecular formula is C22H19N3. The standard InChI is InChI=1S/C22H19N3/c1-25(2)18-14-12-17(13-15-18)22-21(16-8-4-3-5-9-16)23-19-10-6-7-11-20(19)24-22/h3-15H,1-2H3. The van der Waals surface area contributed by atoms with Crippen molar-refractivity contribution in [2.75, 3.05) is 19.0 Å². The second-order valence-electron chi connectivity index (χ2n) is 6.22. The maximum absolute atomic E-state index is 4.92. The van der Waals surface area contributed by atoms with Gasteiger partial charge < -0.3 is 4.90 Å². The van der Waals surface area contributed by atoms with Crippen LogP contribution in [0.25, 0.3) is 33.5 Å². The van der Waals surface area contributed by atoms with Crippen LogP contribution in [-0.2, 0) is 0 Å². The van der Waals surface area contributed by atoms with Gasteiger partial charge in [-0.2, -0.15) is 0 Å². The van der Waals surface area contributed by atoms with Gasteiger partial charge in [-0.05, 0) is 24.3 Å². The highest BCUT2D eigenvalue weighted by molar-refractivity contribution is 5.86. The minimum atomic E-state index is 0.911. The summed E-state index contributed by atoms with van der Waals surface area (Å²) in [4.78, 5) is 11.9. The van der Waals surface area contributed by atoms with Gasteiger partial charge in [0.1, 0.15) is 0 Å². The summed E-state index contributed by atoms with van der Waals surface area (Å²) in [5, 5.41) is 0. The molecule has 0 aliphatic carbocycles. The van der Waals surface area contributed by atoms with Crippen LogP contribution in [0.15, 0.2) is 78.9 Å². The van der Waals surface area contributed by atoms with Gasteiger partial charge in [0.15, 0.2) is 0 Å². The third-order valence-corrected chi connectivity index (χ3v) is 4.27. The fraction of sp³-hybridized carbons (Fsp3) is 0.0909. The second-order valence-corrected chi connectivity index (χ2v) is 6.22. The highest BCUT2D eigenvalue weighted by Gasteiger charge is 2.13. The molecule has 3 nitrogen and oxygen atoms in total. The highest BCUT2D eigenvalue weighted by atomic mass is 15.1. The molecule has 0 aliphatic rings. The van der Waals surface area contributed by atoms with Gasteiger partial charge >= 0.3 is 0 Å². The van der Waals surface area contributed by atoms with Crippen molar-refractivity contribution < 1.29 is 0 Å². The molecule has 122 valence electrons. The molecule has 0 unspecified atom stereocenters. The molecular weight excluding hydrogens is 306 g/mol. The van der Waals surface area contributed by atoms with E-state index in [1.54, 1.807) is 0 Å². The Morgan fingerprint density at radius 3 is 1.56 bits per heavy atom. The van der Waals surface area contributed by atoms with E-state index in [4.69, 9.17) is 9.97 Å². The summed E-state index contributed by atoms with van der Waals surface area (Å²) in [5.74, 6) is 0. The fourth-order valence-corrected chi connectivity index (χ4v) is 2.92. The largest absolute Gasteiger partial charge is 0.378 e. The number of para-hydroxylation sites is 2. The average Bonchev–Trinajstić information content (AvgIpc) is 2.68. The van der Waals surface area contributed by atoms with Gasteiger partial charge in [0.2, 0.25) is 0 Å². The average molecular weight is 325 g/mol. The summed E-state index contributed by atoms with van der Waals surface area (Å²) in [5.41, 5.74) is 6.96. The van der Waals surface area contributed by atoms with Crippen LogP contribution in [0.3, 0.4) is 0 Å². The molecule has 0 amide bonds. The third-order valence-electron chi connectivity index (χ3n) is 4.27. The van der Waals surface area contributed by atoms with Crippen LogP contribution in [-0.4, -0.2) is 24.1 Å². The molecule has 4 aromatic rings. The SMILES string of the molecule is CN(C)c1ccc(-c2nc3ccccc3nc2-c2ccccc2)cc1. The number of hydrogen-bond acceptors (Lipinski definition) is 3. The van der Waals surface area contributed by atoms with E-state index in [0.29, 0.717) is 0 Å². The van der Waals surface area contributed by atoms with Gasteiger partial charge in [0.05, 0.1) is 22.4 Å². The molecule has 4 rings (SSSR count). The Hall–Kier alpha value is -3.20. The van der Waals surface area contributed by atoms with Crippen molar-refractivity contribution in [2.45, 2.75) is 0 Å². The maximum atomic E-state index is 4.92. The summed E-state index contributed by atoms with van der Waals surface area (Å²) in [6, 6.07) is 26.7. The van der Waals surface area contributed by atoms with E-state index in [2.05, 4.69) is 41.3 Å². The Morgan fingerprint density at radius 1 is 0.560 bits per heavy atom. The zero-order valence-electron chi connectivity index (χ0n) is 14.3. The first kappa shape index (κ1) is 15.3. The van der Waals surface area contributed by atoms with Crippen LogP contribution >= 0.6 is 0 Å². The molecule has 1 heterocycles. The molecule has 0 aliphatic heterocycles. The quantitative estimate of drug-likeness (QED) is 0.529. The predicted molar refractivity (Wildman–Crippen MR) is 105 cm³/mol. The van der Waals surface area contributed by atoms with Crippen molar-refractivity contribution >= 4 is 16.7 Å². The minimum Gasteiger partial charge on any atom is -0.378 e. The molecule has 3 heteroatoms. The Labute approximate surface area is 147 Å². The summed E-state index contributed by atoms with van der Waals surface area (Å²) >= 11 is 0. The number of fused-ring (bicyclic) bond motifs is 1. The number of aromatic nitrogens is 2. The van der Waals surface area contributed by atoms with Crippen molar-refractivity contribution in [2.24, 2.45) is 0 Å². The predicted octanol–water partition coefficient (Wildman–Crippen LogP) is 5.03. The Balaban J connectivity index is 1.94. The van der Waals surface area contributed by atoms with Crippen molar-refractivity contribution in [3.8, 4) is 22.5 Å². The number of benzene rings is 3. The van der Waals surface area contributed by atoms with Gasteiger partial charge in [-0.15, -0.1) is 0 Å². The number of hydrogen-bond donors (Lipinski definition) is 0. The number of rotatable bonds is 3. The number of nitrogens with zero attached hydrogens (tertiary/aromatic N) is 3. The monoisotopic (exact) mass is 325 g/mol. The van der Waals surface area contributed by atoms with Gasteiger partial charge in [-0.25, -0.2) is 9.97 Å². The summed E-state index contributed by atoms with van der Waals surface area (Å²) in [6.45, 7) is 0. The van der Waals surface area contributed by atoms with E-state index >= 15 is 0 Å². The molecule has 0 fully saturated rings. The Morgan fingerprint density at radius 2 is 1.04 bits per heavy atom. The lowest BCUT2D eigenvalue weighted by Crippen LogP contribution is -2.08. The van der Waals surface area contributed by atoms with Crippen LogP contribution in [0.2, 0.25) is 0 Å². The van der Waals surface area contributed by atoms with E-state index in [9.17, 15) is 0 Å². The van der Waals surface area contributed by atoms with Gasteiger partial charge in [0.25, 0.3) is 0 Å². The smallest absolute Gasteiger partial charge is 0.0973 e. The Kier molecular flexibility index (Phi) is 3.90. The van der Waals surface area contributed by atoms with E-state index in [-0.39, 0.29) is 0 Å². The molecule has 0 saturated heterocycles. The summed E-state index contributed by atoms with van der Waals surface area (Å²) < 4.78 is 0. The first-order chi connectivity index (χ1) is 12.2. The van der Waals surface area contributed by atoms with E-state index in [0.717, 1.165) is 33.5 Å². The maximum Gasteiger partial charge on any atom is 0.0973 e. The molecule has 0 saturated carbocycles. The van der Waals surface area contributed by atoms with E-state index in [1.165, 1.54) is 5.69 Å². The van der Waals surface area contributed by atoms with Gasteiger partial charge in [-0.1, -0.05) is 54.6 Å². The van der Waals surface area contributed by atoms with Crippen molar-refractivity contribution in [1.29, 1.82) is 0 Å². The third kappa shape index (κ3) is 2.96. The minimum absolute atomic E-state index is 0.911. The fourth-order valence-electron chi connectivity index (χ4n) is 2.92. The molecule has 0 spiro atoms. The molecule has 1 aromatic heterocycles. The van der Waals surface area contributed by atoms with Crippen molar-refractivity contribution in [3.63, 3.8) is 0 Å². The number of anilines is 1. The van der Waals surface area contributed by atoms with E-state index in [1.807, 2.05) is 56.6 Å². The van der Waals surface area contributed by atoms with Crippen molar-refractivity contribution in [1.82, 2.24) is 9.97 Å². The van der Waals surface area contributed by atoms with Crippen molar-refractivity contribution in [3.05, 3.63) is 78.9 Å². The first-order valence-corrected chi connectivity index (χ1v) is 8.32. The zero-order chi connectivity index (χ0) is 17.2. The van der Waals surface area contributed by atoms with Crippen LogP contribution < -0.4 is 4.90 Å². The lowest BCUT2D eigenvalue weighted by atomic mass is 10.0. The van der Waals surface area contributed by atoms with E-state index < -0.39 is 0 Å². The lowest BCUT2D eigenvalue weighted by Gasteiger charge is -2.14. The highest BCUT2D eigenvalue weighted by Crippen LogP contribution is 2.31. The normalized spacial score (nSPS) is 10.8. The van der Waals surface area contributed by atoms with Crippen LogP contribution in [0.5, 0.6) is 0 Å². The molecule has 0 atom stereocenters. The van der Waals surface area contributed by atoms with Crippen LogP contribution in [0.4, 0.5) is 5.69 Å². The molecule has 0 radical (unpaired) electrons. The molecule has 0 N–H and O–H groups in total. The van der Waals surface area contributed by atoms with Gasteiger partial charge in [-0.3, -0.25) is 0 Å². The lowest BCUT2D eigenvalue weighted by molar-refractivity contribution is 1.13. The van der Waals surface area contributed by atoms with Crippen LogP contribution in [0, 0.1) is 0 Å². The van der Waals surface area contributed by atoms with Gasteiger partial charge in [0, 0.05) is 30.9 Å². The summed E-state index contributed by atoms with van der Waals surface area (Å²) in [7, 11) is 4.08. The second kappa shape index (κ2) is 6.36. The van der Waals surface area contributed by atoms with Crippen LogP contribution in [0.1, 0.15) is 0 Å². The molecule has 0 bridgehead atoms. The topological polar surface area (TPSA) is 29.0 Å². The Bertz CT molecular complexity index is 1010. The zero-order valence-corrected chi connectivity index (χ0v) is 14.3. The molecule has 3 aromatic carbocycles. The summed E-state index contributed by atoms with van der Waals surface area (Å²) in [6.07, 6.45) is 0.